The number of hydrogen-bond acceptors (Lipinski definition) is 4. The van der Waals surface area contributed by atoms with Crippen LogP contribution in [0.2, 0.25) is 0 Å². The van der Waals surface area contributed by atoms with Gasteiger partial charge in [-0.1, -0.05) is 6.92 Å². The van der Waals surface area contributed by atoms with E-state index in [9.17, 15) is 13.2 Å². The number of nitrogens with two attached hydrogens (primary N) is 1. The van der Waals surface area contributed by atoms with Crippen LogP contribution >= 0.6 is 0 Å². The molecule has 0 spiro atoms. The molecule has 0 radical (unpaired) electrons. The fraction of sp³-hybridized carbons (Fsp3) is 0.889. The van der Waals surface area contributed by atoms with Crippen molar-refractivity contribution in [3.63, 3.8) is 0 Å². The van der Waals surface area contributed by atoms with E-state index in [0.29, 0.717) is 6.54 Å². The number of sulfone groups is 1. The second-order valence-corrected chi connectivity index (χ2v) is 6.52. The summed E-state index contributed by atoms with van der Waals surface area (Å²) in [6.45, 7) is 1.91. The number of carbonyl (C=O) groups excluding carboxylic acids is 1. The van der Waals surface area contributed by atoms with Gasteiger partial charge in [0.05, 0.1) is 0 Å². The fourth-order valence-corrected chi connectivity index (χ4v) is 2.14. The summed E-state index contributed by atoms with van der Waals surface area (Å²) < 4.78 is 22.3. The molecule has 3 N–H and O–H groups in total. The molecule has 1 rings (SSSR count). The highest BCUT2D eigenvalue weighted by molar-refractivity contribution is 7.92. The number of rotatable bonds is 5. The molecule has 0 unspecified atom stereocenters. The molecule has 0 saturated heterocycles. The molecular weight excluding hydrogens is 216 g/mol. The van der Waals surface area contributed by atoms with E-state index in [1.165, 1.54) is 6.92 Å². The summed E-state index contributed by atoms with van der Waals surface area (Å²) in [6.07, 6.45) is 2.88. The zero-order valence-corrected chi connectivity index (χ0v) is 9.77. The highest BCUT2D eigenvalue weighted by Gasteiger charge is 2.32. The maximum absolute atomic E-state index is 11.3. The molecule has 1 amide bonds. The predicted molar refractivity (Wildman–Crippen MR) is 58.1 cm³/mol. The average molecular weight is 234 g/mol. The van der Waals surface area contributed by atoms with Crippen LogP contribution in [-0.2, 0) is 14.6 Å². The van der Waals surface area contributed by atoms with Crippen molar-refractivity contribution in [2.75, 3.05) is 18.1 Å². The first-order valence-electron chi connectivity index (χ1n) is 5.13. The average Bonchev–Trinajstić information content (AvgIpc) is 2.11. The summed E-state index contributed by atoms with van der Waals surface area (Å²) in [6, 6.07) is 0. The maximum Gasteiger partial charge on any atom is 0.235 e. The lowest BCUT2D eigenvalue weighted by Crippen LogP contribution is -2.55. The summed E-state index contributed by atoms with van der Waals surface area (Å²) >= 11 is 0. The SMILES string of the molecule is CCS(=O)(=O)CC(=O)NCC1(N)CCC1. The highest BCUT2D eigenvalue weighted by Crippen LogP contribution is 2.27. The Kier molecular flexibility index (Phi) is 3.72. The van der Waals surface area contributed by atoms with Crippen LogP contribution in [0.1, 0.15) is 26.2 Å². The Morgan fingerprint density at radius 1 is 1.47 bits per heavy atom. The predicted octanol–water partition coefficient (Wildman–Crippen LogP) is -0.581. The largest absolute Gasteiger partial charge is 0.353 e. The summed E-state index contributed by atoms with van der Waals surface area (Å²) in [5.41, 5.74) is 5.58. The molecule has 6 heteroatoms. The minimum atomic E-state index is -3.23. The molecule has 88 valence electrons. The van der Waals surface area contributed by atoms with Crippen molar-refractivity contribution >= 4 is 15.7 Å². The molecule has 0 aromatic carbocycles. The van der Waals surface area contributed by atoms with Crippen molar-refractivity contribution in [3.05, 3.63) is 0 Å². The van der Waals surface area contributed by atoms with Gasteiger partial charge in [-0.2, -0.15) is 0 Å². The van der Waals surface area contributed by atoms with E-state index in [0.717, 1.165) is 19.3 Å². The van der Waals surface area contributed by atoms with Gasteiger partial charge >= 0.3 is 0 Å². The van der Waals surface area contributed by atoms with Crippen molar-refractivity contribution in [1.29, 1.82) is 0 Å². The minimum absolute atomic E-state index is 0.00577. The first-order chi connectivity index (χ1) is 6.87. The van der Waals surface area contributed by atoms with E-state index in [2.05, 4.69) is 5.32 Å². The number of nitrogens with one attached hydrogen (secondary N) is 1. The van der Waals surface area contributed by atoms with Gasteiger partial charge in [-0.3, -0.25) is 4.79 Å². The Balaban J connectivity index is 2.31. The molecule has 0 aromatic rings. The van der Waals surface area contributed by atoms with Crippen LogP contribution in [0, 0.1) is 0 Å². The van der Waals surface area contributed by atoms with Crippen LogP contribution in [0.15, 0.2) is 0 Å². The molecule has 15 heavy (non-hydrogen) atoms. The Morgan fingerprint density at radius 3 is 2.47 bits per heavy atom. The molecule has 1 saturated carbocycles. The Labute approximate surface area is 90.3 Å². The number of amides is 1. The van der Waals surface area contributed by atoms with Crippen LogP contribution in [0.3, 0.4) is 0 Å². The summed E-state index contributed by atoms with van der Waals surface area (Å²) in [5.74, 6) is -0.887. The Bertz CT molecular complexity index is 333. The number of hydrogen-bond donors (Lipinski definition) is 2. The molecule has 0 aliphatic heterocycles. The van der Waals surface area contributed by atoms with E-state index in [-0.39, 0.29) is 11.3 Å². The zero-order valence-electron chi connectivity index (χ0n) is 8.95. The lowest BCUT2D eigenvalue weighted by atomic mass is 9.78. The van der Waals surface area contributed by atoms with Gasteiger partial charge in [0, 0.05) is 17.8 Å². The lowest BCUT2D eigenvalue weighted by molar-refractivity contribution is -0.119. The standard InChI is InChI=1S/C9H18N2O3S/c1-2-15(13,14)6-8(12)11-7-9(10)4-3-5-9/h2-7,10H2,1H3,(H,11,12). The molecule has 5 nitrogen and oxygen atoms in total. The van der Waals surface area contributed by atoms with Crippen molar-refractivity contribution in [3.8, 4) is 0 Å². The van der Waals surface area contributed by atoms with E-state index >= 15 is 0 Å². The van der Waals surface area contributed by atoms with Gasteiger partial charge in [0.1, 0.15) is 5.75 Å². The molecule has 0 atom stereocenters. The van der Waals surface area contributed by atoms with E-state index < -0.39 is 21.5 Å². The van der Waals surface area contributed by atoms with Gasteiger partial charge in [-0.05, 0) is 19.3 Å². The monoisotopic (exact) mass is 234 g/mol. The van der Waals surface area contributed by atoms with Crippen molar-refractivity contribution in [1.82, 2.24) is 5.32 Å². The third-order valence-corrected chi connectivity index (χ3v) is 4.36. The van der Waals surface area contributed by atoms with Gasteiger partial charge in [-0.15, -0.1) is 0 Å². The third-order valence-electron chi connectivity index (χ3n) is 2.78. The molecule has 0 bridgehead atoms. The van der Waals surface area contributed by atoms with Crippen molar-refractivity contribution < 1.29 is 13.2 Å². The summed E-state index contributed by atoms with van der Waals surface area (Å²) in [7, 11) is -3.23. The first kappa shape index (κ1) is 12.4. The summed E-state index contributed by atoms with van der Waals surface area (Å²) in [5, 5.41) is 2.57. The van der Waals surface area contributed by atoms with Gasteiger partial charge in [0.2, 0.25) is 5.91 Å². The van der Waals surface area contributed by atoms with Crippen molar-refractivity contribution in [2.24, 2.45) is 5.73 Å². The molecule has 1 aliphatic carbocycles. The second-order valence-electron chi connectivity index (χ2n) is 4.17. The number of carbonyl (C=O) groups is 1. The second kappa shape index (κ2) is 4.49. The normalized spacial score (nSPS) is 19.3. The van der Waals surface area contributed by atoms with E-state index in [1.807, 2.05) is 0 Å². The lowest BCUT2D eigenvalue weighted by Gasteiger charge is -2.38. The molecule has 1 aliphatic rings. The third kappa shape index (κ3) is 3.79. The molecular formula is C9H18N2O3S. The van der Waals surface area contributed by atoms with Gasteiger partial charge in [-0.25, -0.2) is 8.42 Å². The van der Waals surface area contributed by atoms with Gasteiger partial charge in [0.25, 0.3) is 0 Å². The van der Waals surface area contributed by atoms with Gasteiger partial charge < -0.3 is 11.1 Å². The van der Waals surface area contributed by atoms with Crippen LogP contribution in [-0.4, -0.2) is 37.9 Å². The quantitative estimate of drug-likeness (QED) is 0.666. The smallest absolute Gasteiger partial charge is 0.235 e. The zero-order chi connectivity index (χ0) is 11.5. The first-order valence-corrected chi connectivity index (χ1v) is 6.95. The highest BCUT2D eigenvalue weighted by atomic mass is 32.2. The summed E-state index contributed by atoms with van der Waals surface area (Å²) in [4.78, 5) is 11.3. The van der Waals surface area contributed by atoms with Crippen LogP contribution in [0.4, 0.5) is 0 Å². The fourth-order valence-electron chi connectivity index (χ4n) is 1.44. The molecule has 0 heterocycles. The topological polar surface area (TPSA) is 89.3 Å². The van der Waals surface area contributed by atoms with Crippen LogP contribution in [0.25, 0.3) is 0 Å². The minimum Gasteiger partial charge on any atom is -0.353 e. The Hall–Kier alpha value is -0.620. The van der Waals surface area contributed by atoms with Crippen molar-refractivity contribution in [2.45, 2.75) is 31.7 Å². The molecule has 1 fully saturated rings. The van der Waals surface area contributed by atoms with E-state index in [1.54, 1.807) is 0 Å². The maximum atomic E-state index is 11.3. The van der Waals surface area contributed by atoms with Crippen LogP contribution < -0.4 is 11.1 Å². The van der Waals surface area contributed by atoms with Crippen LogP contribution in [0.5, 0.6) is 0 Å². The van der Waals surface area contributed by atoms with E-state index in [4.69, 9.17) is 5.73 Å². The Morgan fingerprint density at radius 2 is 2.07 bits per heavy atom. The molecule has 0 aromatic heterocycles. The van der Waals surface area contributed by atoms with Gasteiger partial charge in [0.15, 0.2) is 9.84 Å².